The average molecular weight is 192 g/mol. The summed E-state index contributed by atoms with van der Waals surface area (Å²) in [6.45, 7) is 0.289. The summed E-state index contributed by atoms with van der Waals surface area (Å²) < 4.78 is 4.87. The standard InChI is InChI=1S/C7H8N6O/c1-14-2-4-11-5-6(8)9-3-10-7(5)13-12-4/h3H,2H2,1H3,(H2,8,9,10,13). The molecule has 0 atom stereocenters. The van der Waals surface area contributed by atoms with Crippen LogP contribution in [0.15, 0.2) is 6.33 Å². The van der Waals surface area contributed by atoms with Crippen LogP contribution < -0.4 is 5.73 Å². The van der Waals surface area contributed by atoms with Crippen molar-refractivity contribution in [3.8, 4) is 0 Å². The first-order valence-electron chi connectivity index (χ1n) is 3.90. The van der Waals surface area contributed by atoms with Gasteiger partial charge in [-0.05, 0) is 0 Å². The van der Waals surface area contributed by atoms with E-state index in [-0.39, 0.29) is 6.61 Å². The molecule has 0 aliphatic heterocycles. The zero-order chi connectivity index (χ0) is 9.97. The average Bonchev–Trinajstić information content (AvgIpc) is 2.20. The molecule has 0 unspecified atom stereocenters. The Balaban J connectivity index is 2.58. The highest BCUT2D eigenvalue weighted by molar-refractivity contribution is 5.79. The Morgan fingerprint density at radius 2 is 2.21 bits per heavy atom. The molecule has 0 fully saturated rings. The van der Waals surface area contributed by atoms with Crippen LogP contribution in [-0.2, 0) is 11.3 Å². The molecule has 2 rings (SSSR count). The summed E-state index contributed by atoms with van der Waals surface area (Å²) in [6, 6.07) is 0. The third-order valence-electron chi connectivity index (χ3n) is 1.61. The lowest BCUT2D eigenvalue weighted by Gasteiger charge is -2.00. The smallest absolute Gasteiger partial charge is 0.205 e. The second kappa shape index (κ2) is 3.46. The number of rotatable bonds is 2. The quantitative estimate of drug-likeness (QED) is 0.687. The second-order valence-electron chi connectivity index (χ2n) is 2.59. The summed E-state index contributed by atoms with van der Waals surface area (Å²) in [6.07, 6.45) is 1.32. The molecular weight excluding hydrogens is 184 g/mol. The van der Waals surface area contributed by atoms with Crippen molar-refractivity contribution in [1.82, 2.24) is 25.1 Å². The van der Waals surface area contributed by atoms with E-state index < -0.39 is 0 Å². The number of methoxy groups -OCH3 is 1. The van der Waals surface area contributed by atoms with Crippen LogP contribution in [-0.4, -0.2) is 32.3 Å². The molecule has 0 amide bonds. The maximum absolute atomic E-state index is 5.60. The molecule has 2 heterocycles. The molecule has 72 valence electrons. The number of aromatic nitrogens is 5. The zero-order valence-electron chi connectivity index (χ0n) is 7.51. The number of hydrogen-bond acceptors (Lipinski definition) is 7. The highest BCUT2D eigenvalue weighted by Crippen LogP contribution is 2.09. The molecule has 0 saturated heterocycles. The molecule has 0 spiro atoms. The summed E-state index contributed by atoms with van der Waals surface area (Å²) in [4.78, 5) is 11.8. The minimum Gasteiger partial charge on any atom is -0.382 e. The van der Waals surface area contributed by atoms with Crippen LogP contribution in [0.5, 0.6) is 0 Å². The normalized spacial score (nSPS) is 10.6. The number of fused-ring (bicyclic) bond motifs is 1. The predicted molar refractivity (Wildman–Crippen MR) is 48.0 cm³/mol. The van der Waals surface area contributed by atoms with E-state index in [0.29, 0.717) is 22.8 Å². The number of anilines is 1. The van der Waals surface area contributed by atoms with E-state index in [1.807, 2.05) is 0 Å². The van der Waals surface area contributed by atoms with E-state index in [0.717, 1.165) is 0 Å². The molecule has 2 aromatic heterocycles. The van der Waals surface area contributed by atoms with E-state index in [4.69, 9.17) is 10.5 Å². The first-order chi connectivity index (χ1) is 6.81. The molecular formula is C7H8N6O. The van der Waals surface area contributed by atoms with Gasteiger partial charge in [0.05, 0.1) is 0 Å². The van der Waals surface area contributed by atoms with Gasteiger partial charge in [-0.1, -0.05) is 0 Å². The molecule has 0 aromatic carbocycles. The van der Waals surface area contributed by atoms with Crippen LogP contribution in [0, 0.1) is 0 Å². The molecule has 0 saturated carbocycles. The molecule has 0 aliphatic rings. The number of ether oxygens (including phenoxy) is 1. The second-order valence-corrected chi connectivity index (χ2v) is 2.59. The minimum absolute atomic E-state index is 0.289. The van der Waals surface area contributed by atoms with Crippen molar-refractivity contribution in [1.29, 1.82) is 0 Å². The largest absolute Gasteiger partial charge is 0.382 e. The fourth-order valence-electron chi connectivity index (χ4n) is 1.01. The summed E-state index contributed by atoms with van der Waals surface area (Å²) in [5, 5.41) is 7.64. The summed E-state index contributed by atoms with van der Waals surface area (Å²) in [7, 11) is 1.55. The topological polar surface area (TPSA) is 99.7 Å². The summed E-state index contributed by atoms with van der Waals surface area (Å²) >= 11 is 0. The van der Waals surface area contributed by atoms with Gasteiger partial charge in [0.2, 0.25) is 5.65 Å². The van der Waals surface area contributed by atoms with Crippen molar-refractivity contribution in [2.75, 3.05) is 12.8 Å². The maximum Gasteiger partial charge on any atom is 0.205 e. The van der Waals surface area contributed by atoms with Gasteiger partial charge in [-0.3, -0.25) is 0 Å². The molecule has 2 N–H and O–H groups in total. The van der Waals surface area contributed by atoms with Crippen LogP contribution in [0.3, 0.4) is 0 Å². The van der Waals surface area contributed by atoms with Crippen LogP contribution in [0.1, 0.15) is 5.82 Å². The maximum atomic E-state index is 5.60. The van der Waals surface area contributed by atoms with Gasteiger partial charge in [0.15, 0.2) is 17.2 Å². The van der Waals surface area contributed by atoms with Crippen LogP contribution >= 0.6 is 0 Å². The Morgan fingerprint density at radius 1 is 1.36 bits per heavy atom. The van der Waals surface area contributed by atoms with Gasteiger partial charge in [-0.2, -0.15) is 0 Å². The monoisotopic (exact) mass is 192 g/mol. The molecule has 14 heavy (non-hydrogen) atoms. The molecule has 7 heteroatoms. The van der Waals surface area contributed by atoms with Gasteiger partial charge in [-0.15, -0.1) is 10.2 Å². The van der Waals surface area contributed by atoms with Gasteiger partial charge >= 0.3 is 0 Å². The van der Waals surface area contributed by atoms with Crippen molar-refractivity contribution >= 4 is 17.0 Å². The van der Waals surface area contributed by atoms with Crippen molar-refractivity contribution in [2.45, 2.75) is 6.61 Å². The molecule has 0 radical (unpaired) electrons. The fourth-order valence-corrected chi connectivity index (χ4v) is 1.01. The van der Waals surface area contributed by atoms with Crippen LogP contribution in [0.2, 0.25) is 0 Å². The minimum atomic E-state index is 0.289. The van der Waals surface area contributed by atoms with Crippen molar-refractivity contribution in [2.24, 2.45) is 0 Å². The van der Waals surface area contributed by atoms with Crippen molar-refractivity contribution in [3.63, 3.8) is 0 Å². The van der Waals surface area contributed by atoms with Gasteiger partial charge in [-0.25, -0.2) is 15.0 Å². The number of nitrogen functional groups attached to an aromatic ring is 1. The summed E-state index contributed by atoms with van der Waals surface area (Å²) in [5.41, 5.74) is 6.44. The predicted octanol–water partition coefficient (Wildman–Crippen LogP) is -0.457. The lowest BCUT2D eigenvalue weighted by Crippen LogP contribution is -2.04. The lowest BCUT2D eigenvalue weighted by atomic mass is 10.5. The Labute approximate surface area is 79.4 Å². The third kappa shape index (κ3) is 1.44. The Morgan fingerprint density at radius 3 is 3.00 bits per heavy atom. The Kier molecular flexibility index (Phi) is 2.15. The SMILES string of the molecule is COCc1nnc2ncnc(N)c2n1. The van der Waals surface area contributed by atoms with Gasteiger partial charge in [0.25, 0.3) is 0 Å². The highest BCUT2D eigenvalue weighted by atomic mass is 16.5. The Bertz CT molecular complexity index is 459. The molecule has 7 nitrogen and oxygen atoms in total. The van der Waals surface area contributed by atoms with E-state index in [2.05, 4.69) is 25.1 Å². The molecule has 2 aromatic rings. The lowest BCUT2D eigenvalue weighted by molar-refractivity contribution is 0.177. The van der Waals surface area contributed by atoms with E-state index >= 15 is 0 Å². The summed E-state index contributed by atoms with van der Waals surface area (Å²) in [5.74, 6) is 0.753. The van der Waals surface area contributed by atoms with Crippen LogP contribution in [0.4, 0.5) is 5.82 Å². The van der Waals surface area contributed by atoms with E-state index in [1.165, 1.54) is 6.33 Å². The molecule has 0 bridgehead atoms. The van der Waals surface area contributed by atoms with Gasteiger partial charge in [0.1, 0.15) is 12.9 Å². The molecule has 0 aliphatic carbocycles. The fraction of sp³-hybridized carbons (Fsp3) is 0.286. The first-order valence-corrected chi connectivity index (χ1v) is 3.90. The number of nitrogens with two attached hydrogens (primary N) is 1. The number of hydrogen-bond donors (Lipinski definition) is 1. The van der Waals surface area contributed by atoms with Crippen molar-refractivity contribution < 1.29 is 4.74 Å². The van der Waals surface area contributed by atoms with Crippen molar-refractivity contribution in [3.05, 3.63) is 12.2 Å². The number of nitrogens with zero attached hydrogens (tertiary/aromatic N) is 5. The van der Waals surface area contributed by atoms with Crippen LogP contribution in [0.25, 0.3) is 11.2 Å². The first kappa shape index (κ1) is 8.70. The van der Waals surface area contributed by atoms with Gasteiger partial charge in [0, 0.05) is 7.11 Å². The van der Waals surface area contributed by atoms with E-state index in [1.54, 1.807) is 7.11 Å². The zero-order valence-corrected chi connectivity index (χ0v) is 7.51. The third-order valence-corrected chi connectivity index (χ3v) is 1.61. The van der Waals surface area contributed by atoms with E-state index in [9.17, 15) is 0 Å². The van der Waals surface area contributed by atoms with Gasteiger partial charge < -0.3 is 10.5 Å². The highest BCUT2D eigenvalue weighted by Gasteiger charge is 2.05. The Hall–Kier alpha value is -1.89.